The molecule has 0 N–H and O–H groups in total. The molecule has 0 nitrogen and oxygen atoms in total. The molecule has 0 aliphatic carbocycles. The average Bonchev–Trinajstić information content (AvgIpc) is 2.33. The number of thiophene rings is 1. The molecular weight excluding hydrogens is 220 g/mol. The zero-order valence-electron chi connectivity index (χ0n) is 6.94. The highest BCUT2D eigenvalue weighted by Gasteiger charge is 1.98. The second kappa shape index (κ2) is 5.40. The maximum Gasteiger partial charge on any atom is 0.0910 e. The molecule has 0 bridgehead atoms. The van der Waals surface area contributed by atoms with Gasteiger partial charge in [0.2, 0.25) is 0 Å². The fourth-order valence-electron chi connectivity index (χ4n) is 0.582. The summed E-state index contributed by atoms with van der Waals surface area (Å²) >= 11 is 4.98. The van der Waals surface area contributed by atoms with Crippen LogP contribution in [0.25, 0.3) is 0 Å². The first-order chi connectivity index (χ1) is 5.24. The van der Waals surface area contributed by atoms with Gasteiger partial charge in [-0.2, -0.15) is 0 Å². The smallest absolute Gasteiger partial charge is 0.0910 e. The van der Waals surface area contributed by atoms with Gasteiger partial charge in [0, 0.05) is 9.35 Å². The van der Waals surface area contributed by atoms with E-state index < -0.39 is 0 Å². The largest absolute Gasteiger partial charge is 0.131 e. The Morgan fingerprint density at radius 1 is 1.55 bits per heavy atom. The van der Waals surface area contributed by atoms with Crippen LogP contribution < -0.4 is 0 Å². The predicted octanol–water partition coefficient (Wildman–Crippen LogP) is 3.83. The summed E-state index contributed by atoms with van der Waals surface area (Å²) in [6, 6.07) is 2.03. The van der Waals surface area contributed by atoms with Crippen LogP contribution in [0.4, 0.5) is 0 Å². The van der Waals surface area contributed by atoms with E-state index in [-0.39, 0.29) is 0 Å². The standard InChI is InChI=1S/C7H5BrS.C2H6/c1-3-7-6(8)4-5(2)9-7;1-2/h1,4H,2H3;1-2H3. The van der Waals surface area contributed by atoms with Gasteiger partial charge in [-0.25, -0.2) is 0 Å². The Bertz CT molecular complexity index is 255. The third-order valence-corrected chi connectivity index (χ3v) is 2.81. The van der Waals surface area contributed by atoms with Crippen molar-refractivity contribution in [2.24, 2.45) is 0 Å². The number of hydrogen-bond donors (Lipinski definition) is 0. The third-order valence-electron chi connectivity index (χ3n) is 0.941. The first kappa shape index (κ1) is 10.7. The van der Waals surface area contributed by atoms with Gasteiger partial charge in [0.25, 0.3) is 0 Å². The fraction of sp³-hybridized carbons (Fsp3) is 0.333. The van der Waals surface area contributed by atoms with E-state index in [1.54, 1.807) is 11.3 Å². The van der Waals surface area contributed by atoms with Crippen molar-refractivity contribution in [3.05, 3.63) is 20.3 Å². The fourth-order valence-corrected chi connectivity index (χ4v) is 2.15. The minimum atomic E-state index is 0.979. The van der Waals surface area contributed by atoms with Gasteiger partial charge in [-0.05, 0) is 28.9 Å². The van der Waals surface area contributed by atoms with Gasteiger partial charge in [-0.3, -0.25) is 0 Å². The summed E-state index contributed by atoms with van der Waals surface area (Å²) in [5, 5.41) is 0. The molecule has 0 aromatic carbocycles. The van der Waals surface area contributed by atoms with Gasteiger partial charge < -0.3 is 0 Å². The summed E-state index contributed by atoms with van der Waals surface area (Å²) in [5.74, 6) is 2.59. The van der Waals surface area contributed by atoms with Gasteiger partial charge in [0.1, 0.15) is 0 Å². The Morgan fingerprint density at radius 2 is 2.09 bits per heavy atom. The van der Waals surface area contributed by atoms with E-state index in [1.807, 2.05) is 26.8 Å². The molecule has 1 aromatic rings. The van der Waals surface area contributed by atoms with Crippen LogP contribution in [0.1, 0.15) is 23.6 Å². The van der Waals surface area contributed by atoms with Crippen molar-refractivity contribution in [1.82, 2.24) is 0 Å². The quantitative estimate of drug-likeness (QED) is 0.595. The number of rotatable bonds is 0. The van der Waals surface area contributed by atoms with Crippen LogP contribution in [0.3, 0.4) is 0 Å². The molecule has 1 rings (SSSR count). The molecule has 0 saturated carbocycles. The van der Waals surface area contributed by atoms with Crippen LogP contribution in [-0.2, 0) is 0 Å². The predicted molar refractivity (Wildman–Crippen MR) is 56.0 cm³/mol. The zero-order chi connectivity index (χ0) is 8.85. The summed E-state index contributed by atoms with van der Waals surface area (Å²) in [7, 11) is 0. The molecule has 1 aromatic heterocycles. The lowest BCUT2D eigenvalue weighted by molar-refractivity contribution is 1.50. The second-order valence-electron chi connectivity index (χ2n) is 1.68. The minimum absolute atomic E-state index is 0.979. The Kier molecular flexibility index (Phi) is 5.27. The SMILES string of the molecule is C#Cc1sc(C)cc1Br.CC. The maximum absolute atomic E-state index is 5.19. The summed E-state index contributed by atoms with van der Waals surface area (Å²) in [4.78, 5) is 2.22. The highest BCUT2D eigenvalue weighted by atomic mass is 79.9. The van der Waals surface area contributed by atoms with Crippen molar-refractivity contribution in [3.8, 4) is 12.3 Å². The molecular formula is C9H11BrS. The van der Waals surface area contributed by atoms with Crippen molar-refractivity contribution in [2.75, 3.05) is 0 Å². The second-order valence-corrected chi connectivity index (χ2v) is 3.79. The topological polar surface area (TPSA) is 0 Å². The van der Waals surface area contributed by atoms with Crippen molar-refractivity contribution in [1.29, 1.82) is 0 Å². The van der Waals surface area contributed by atoms with E-state index in [9.17, 15) is 0 Å². The van der Waals surface area contributed by atoms with E-state index in [0.717, 1.165) is 9.35 Å². The molecule has 2 heteroatoms. The Labute approximate surface area is 80.8 Å². The van der Waals surface area contributed by atoms with Gasteiger partial charge in [-0.1, -0.05) is 19.8 Å². The van der Waals surface area contributed by atoms with Crippen molar-refractivity contribution >= 4 is 27.3 Å². The number of terminal acetylenes is 1. The van der Waals surface area contributed by atoms with Gasteiger partial charge in [0.05, 0.1) is 4.88 Å². The number of halogens is 1. The van der Waals surface area contributed by atoms with Crippen molar-refractivity contribution in [3.63, 3.8) is 0 Å². The molecule has 0 amide bonds. The maximum atomic E-state index is 5.19. The number of aryl methyl sites for hydroxylation is 1. The summed E-state index contributed by atoms with van der Waals surface area (Å²) in [5.41, 5.74) is 0. The van der Waals surface area contributed by atoms with Crippen LogP contribution in [0.2, 0.25) is 0 Å². The van der Waals surface area contributed by atoms with E-state index in [2.05, 4.69) is 21.9 Å². The molecule has 1 heterocycles. The van der Waals surface area contributed by atoms with Crippen LogP contribution in [0.15, 0.2) is 10.5 Å². The molecule has 0 radical (unpaired) electrons. The molecule has 0 spiro atoms. The van der Waals surface area contributed by atoms with Crippen molar-refractivity contribution in [2.45, 2.75) is 20.8 Å². The molecule has 11 heavy (non-hydrogen) atoms. The first-order valence-corrected chi connectivity index (χ1v) is 5.07. The molecule has 0 unspecified atom stereocenters. The molecule has 60 valence electrons. The van der Waals surface area contributed by atoms with E-state index in [1.165, 1.54) is 4.88 Å². The van der Waals surface area contributed by atoms with E-state index >= 15 is 0 Å². The normalized spacial score (nSPS) is 7.91. The summed E-state index contributed by atoms with van der Waals surface area (Å²) in [6.45, 7) is 6.04. The Morgan fingerprint density at radius 3 is 2.27 bits per heavy atom. The van der Waals surface area contributed by atoms with Gasteiger partial charge in [-0.15, -0.1) is 17.8 Å². The average molecular weight is 231 g/mol. The Hall–Kier alpha value is -0.260. The third kappa shape index (κ3) is 3.09. The molecule has 0 saturated heterocycles. The van der Waals surface area contributed by atoms with E-state index in [0.29, 0.717) is 0 Å². The van der Waals surface area contributed by atoms with Crippen LogP contribution in [-0.4, -0.2) is 0 Å². The van der Waals surface area contributed by atoms with Crippen molar-refractivity contribution < 1.29 is 0 Å². The Balaban J connectivity index is 0.000000461. The monoisotopic (exact) mass is 230 g/mol. The highest BCUT2D eigenvalue weighted by Crippen LogP contribution is 2.25. The van der Waals surface area contributed by atoms with Crippen LogP contribution >= 0.6 is 27.3 Å². The minimum Gasteiger partial charge on any atom is -0.131 e. The van der Waals surface area contributed by atoms with Gasteiger partial charge >= 0.3 is 0 Å². The summed E-state index contributed by atoms with van der Waals surface area (Å²) < 4.78 is 1.03. The molecule has 0 fully saturated rings. The summed E-state index contributed by atoms with van der Waals surface area (Å²) in [6.07, 6.45) is 5.19. The molecule has 0 aliphatic rings. The zero-order valence-corrected chi connectivity index (χ0v) is 9.34. The lowest BCUT2D eigenvalue weighted by Gasteiger charge is -1.77. The molecule has 0 aliphatic heterocycles. The molecule has 0 atom stereocenters. The lowest BCUT2D eigenvalue weighted by atomic mass is 10.4. The van der Waals surface area contributed by atoms with Gasteiger partial charge in [0.15, 0.2) is 0 Å². The highest BCUT2D eigenvalue weighted by molar-refractivity contribution is 9.10. The number of hydrogen-bond acceptors (Lipinski definition) is 1. The van der Waals surface area contributed by atoms with Crippen LogP contribution in [0.5, 0.6) is 0 Å². The first-order valence-electron chi connectivity index (χ1n) is 3.46. The van der Waals surface area contributed by atoms with E-state index in [4.69, 9.17) is 6.42 Å². The lowest BCUT2D eigenvalue weighted by Crippen LogP contribution is -1.58. The van der Waals surface area contributed by atoms with Crippen LogP contribution in [0, 0.1) is 19.3 Å².